The molecule has 0 amide bonds. The highest BCUT2D eigenvalue weighted by molar-refractivity contribution is 5.66. The molecule has 38 heavy (non-hydrogen) atoms. The number of ether oxygens (including phenoxy) is 2. The monoisotopic (exact) mass is 526 g/mol. The van der Waals surface area contributed by atoms with Crippen LogP contribution >= 0.6 is 0 Å². The van der Waals surface area contributed by atoms with Crippen LogP contribution in [0.1, 0.15) is 127 Å². The molecule has 0 spiro atoms. The Morgan fingerprint density at radius 2 is 1.53 bits per heavy atom. The van der Waals surface area contributed by atoms with Crippen molar-refractivity contribution in [2.75, 3.05) is 6.61 Å². The Labute approximate surface area is 232 Å². The molecule has 0 radical (unpaired) electrons. The third-order valence-electron chi connectivity index (χ3n) is 13.6. The summed E-state index contributed by atoms with van der Waals surface area (Å²) in [6.07, 6.45) is 11.9. The maximum atomic E-state index is 11.9. The van der Waals surface area contributed by atoms with Crippen LogP contribution in [0.4, 0.5) is 0 Å². The average molecular weight is 527 g/mol. The van der Waals surface area contributed by atoms with E-state index in [0.717, 1.165) is 25.7 Å². The predicted molar refractivity (Wildman–Crippen MR) is 151 cm³/mol. The second-order valence-corrected chi connectivity index (χ2v) is 15.7. The van der Waals surface area contributed by atoms with Crippen LogP contribution in [0, 0.1) is 50.7 Å². The molecule has 8 atom stereocenters. The van der Waals surface area contributed by atoms with E-state index < -0.39 is 0 Å². The second kappa shape index (κ2) is 9.10. The van der Waals surface area contributed by atoms with Gasteiger partial charge in [-0.25, -0.2) is 0 Å². The van der Waals surface area contributed by atoms with Crippen LogP contribution in [0.5, 0.6) is 0 Å². The Hall–Kier alpha value is -1.32. The molecule has 0 aromatic heterocycles. The highest BCUT2D eigenvalue weighted by atomic mass is 16.5. The van der Waals surface area contributed by atoms with Gasteiger partial charge >= 0.3 is 11.9 Å². The van der Waals surface area contributed by atoms with Crippen molar-refractivity contribution in [1.82, 2.24) is 0 Å². The maximum Gasteiger partial charge on any atom is 0.302 e. The minimum absolute atomic E-state index is 0.00228. The van der Waals surface area contributed by atoms with Crippen molar-refractivity contribution in [1.29, 1.82) is 0 Å². The molecule has 0 aromatic rings. The van der Waals surface area contributed by atoms with E-state index in [1.165, 1.54) is 38.5 Å². The fourth-order valence-corrected chi connectivity index (χ4v) is 11.6. The summed E-state index contributed by atoms with van der Waals surface area (Å²) < 4.78 is 11.7. The first kappa shape index (κ1) is 28.2. The van der Waals surface area contributed by atoms with Gasteiger partial charge in [0.25, 0.3) is 0 Å². The summed E-state index contributed by atoms with van der Waals surface area (Å²) in [5.74, 6) is 2.15. The maximum absolute atomic E-state index is 11.9. The number of esters is 2. The lowest BCUT2D eigenvalue weighted by Gasteiger charge is -2.72. The molecule has 4 fully saturated rings. The fraction of sp³-hybridized carbons (Fsp3) is 0.882. The van der Waals surface area contributed by atoms with Gasteiger partial charge in [-0.2, -0.15) is 0 Å². The highest BCUT2D eigenvalue weighted by Gasteiger charge is 2.69. The topological polar surface area (TPSA) is 52.6 Å². The largest absolute Gasteiger partial charge is 0.465 e. The Balaban J connectivity index is 1.52. The first-order chi connectivity index (χ1) is 17.6. The molecule has 5 aliphatic carbocycles. The van der Waals surface area contributed by atoms with Crippen LogP contribution in [0.25, 0.3) is 0 Å². The lowest BCUT2D eigenvalue weighted by Crippen LogP contribution is -2.66. The van der Waals surface area contributed by atoms with Gasteiger partial charge in [-0.05, 0) is 104 Å². The van der Waals surface area contributed by atoms with E-state index in [-0.39, 0.29) is 45.1 Å². The second-order valence-electron chi connectivity index (χ2n) is 15.7. The minimum Gasteiger partial charge on any atom is -0.465 e. The molecule has 4 heteroatoms. The van der Waals surface area contributed by atoms with Crippen molar-refractivity contribution in [2.24, 2.45) is 50.7 Å². The van der Waals surface area contributed by atoms with Crippen molar-refractivity contribution in [3.8, 4) is 0 Å². The van der Waals surface area contributed by atoms with Gasteiger partial charge < -0.3 is 9.47 Å². The van der Waals surface area contributed by atoms with E-state index >= 15 is 0 Å². The molecule has 4 nitrogen and oxygen atoms in total. The molecule has 0 saturated heterocycles. The average Bonchev–Trinajstić information content (AvgIpc) is 3.20. The van der Waals surface area contributed by atoms with Crippen LogP contribution < -0.4 is 0 Å². The van der Waals surface area contributed by atoms with Crippen LogP contribution in [-0.4, -0.2) is 24.6 Å². The quantitative estimate of drug-likeness (QED) is 0.273. The third-order valence-corrected chi connectivity index (χ3v) is 13.6. The third kappa shape index (κ3) is 3.80. The van der Waals surface area contributed by atoms with Crippen molar-refractivity contribution in [2.45, 2.75) is 133 Å². The molecule has 0 bridgehead atoms. The van der Waals surface area contributed by atoms with E-state index in [1.54, 1.807) is 25.0 Å². The van der Waals surface area contributed by atoms with Gasteiger partial charge in [0.1, 0.15) is 12.7 Å². The first-order valence-electron chi connectivity index (χ1n) is 15.7. The number of rotatable bonds is 4. The minimum atomic E-state index is -0.140. The summed E-state index contributed by atoms with van der Waals surface area (Å²) in [7, 11) is 0. The molecule has 5 aliphatic rings. The first-order valence-corrected chi connectivity index (χ1v) is 15.7. The normalized spacial score (nSPS) is 45.5. The fourth-order valence-electron chi connectivity index (χ4n) is 11.6. The summed E-state index contributed by atoms with van der Waals surface area (Å²) in [5, 5.41) is 0. The lowest BCUT2D eigenvalue weighted by atomic mass is 9.33. The SMILES string of the molecule is CC(=O)OC[C@]12CCC(C(C)C)=C1[C@@H]1CC[C@@H]3[C@]4(C)CC[C@H](OC(C)=O)C(C)(C)[C@@H]4CC[C@@]3(C)[C@@]1(C)CC2. The van der Waals surface area contributed by atoms with Crippen molar-refractivity contribution in [3.05, 3.63) is 11.1 Å². The summed E-state index contributed by atoms with van der Waals surface area (Å²) in [6, 6.07) is 0. The van der Waals surface area contributed by atoms with E-state index in [4.69, 9.17) is 9.47 Å². The number of fused-ring (bicyclic) bond motifs is 7. The molecule has 4 saturated carbocycles. The van der Waals surface area contributed by atoms with Crippen LogP contribution in [0.2, 0.25) is 0 Å². The predicted octanol–water partition coefficient (Wildman–Crippen LogP) is 8.28. The van der Waals surface area contributed by atoms with Gasteiger partial charge in [0, 0.05) is 24.7 Å². The molecule has 0 aliphatic heterocycles. The van der Waals surface area contributed by atoms with Crippen LogP contribution in [0.15, 0.2) is 11.1 Å². The van der Waals surface area contributed by atoms with E-state index in [9.17, 15) is 9.59 Å². The Morgan fingerprint density at radius 1 is 0.816 bits per heavy atom. The van der Waals surface area contributed by atoms with Crippen molar-refractivity contribution >= 4 is 11.9 Å². The van der Waals surface area contributed by atoms with Gasteiger partial charge in [-0.3, -0.25) is 9.59 Å². The summed E-state index contributed by atoms with van der Waals surface area (Å²) in [5.41, 5.74) is 4.29. The zero-order valence-electron chi connectivity index (χ0n) is 25.8. The highest BCUT2D eigenvalue weighted by Crippen LogP contribution is 2.76. The van der Waals surface area contributed by atoms with Gasteiger partial charge in [0.15, 0.2) is 0 Å². The van der Waals surface area contributed by atoms with Gasteiger partial charge in [0.2, 0.25) is 0 Å². The Morgan fingerprint density at radius 3 is 2.16 bits per heavy atom. The number of hydrogen-bond donors (Lipinski definition) is 0. The molecule has 0 heterocycles. The number of carbonyl (C=O) groups is 2. The zero-order chi connectivity index (χ0) is 27.9. The number of carbonyl (C=O) groups excluding carboxylic acids is 2. The smallest absolute Gasteiger partial charge is 0.302 e. The Bertz CT molecular complexity index is 1020. The van der Waals surface area contributed by atoms with Gasteiger partial charge in [-0.15, -0.1) is 0 Å². The molecule has 0 unspecified atom stereocenters. The van der Waals surface area contributed by atoms with Crippen LogP contribution in [-0.2, 0) is 19.1 Å². The molecule has 214 valence electrons. The van der Waals surface area contributed by atoms with Gasteiger partial charge in [-0.1, -0.05) is 59.6 Å². The van der Waals surface area contributed by atoms with Crippen molar-refractivity contribution < 1.29 is 19.1 Å². The van der Waals surface area contributed by atoms with Crippen molar-refractivity contribution in [3.63, 3.8) is 0 Å². The summed E-state index contributed by atoms with van der Waals surface area (Å²) in [6.45, 7) is 21.1. The summed E-state index contributed by atoms with van der Waals surface area (Å²) in [4.78, 5) is 23.8. The van der Waals surface area contributed by atoms with E-state index in [0.29, 0.717) is 30.3 Å². The lowest BCUT2D eigenvalue weighted by molar-refractivity contribution is -0.233. The summed E-state index contributed by atoms with van der Waals surface area (Å²) >= 11 is 0. The number of allylic oxidation sites excluding steroid dienone is 1. The van der Waals surface area contributed by atoms with E-state index in [2.05, 4.69) is 48.5 Å². The molecular formula is C34H54O4. The molecule has 0 N–H and O–H groups in total. The molecule has 0 aromatic carbocycles. The number of hydrogen-bond acceptors (Lipinski definition) is 4. The molecular weight excluding hydrogens is 472 g/mol. The zero-order valence-corrected chi connectivity index (χ0v) is 25.8. The van der Waals surface area contributed by atoms with E-state index in [1.807, 2.05) is 0 Å². The van der Waals surface area contributed by atoms with Crippen LogP contribution in [0.3, 0.4) is 0 Å². The standard InChI is InChI=1S/C34H54O4/c1-21(2)24-12-17-34(20-37-22(3)35)19-18-32(8)25(29(24)34)10-11-27-31(7)15-14-28(38-23(4)36)30(5,6)26(31)13-16-33(27,32)9/h21,25-28H,10-20H2,1-9H3/t25-,26-,27+,28-,31+,32-,33+,34+/m0/s1. The van der Waals surface area contributed by atoms with Gasteiger partial charge in [0.05, 0.1) is 0 Å². The Kier molecular flexibility index (Phi) is 6.76. The molecule has 5 rings (SSSR count).